The Morgan fingerprint density at radius 2 is 2.00 bits per heavy atom. The molecule has 0 spiro atoms. The minimum absolute atomic E-state index is 0.112. The van der Waals surface area contributed by atoms with Crippen LogP contribution in [-0.4, -0.2) is 32.6 Å². The molecule has 4 nitrogen and oxygen atoms in total. The SMILES string of the molecule is CCC(CCCl)CNC(=O)c1ccc(OC)c(OC)c1. The molecule has 1 aromatic carbocycles. The van der Waals surface area contributed by atoms with E-state index < -0.39 is 0 Å². The van der Waals surface area contributed by atoms with Gasteiger partial charge in [0.15, 0.2) is 11.5 Å². The maximum absolute atomic E-state index is 12.1. The number of benzene rings is 1. The Hall–Kier alpha value is -1.42. The quantitative estimate of drug-likeness (QED) is 0.750. The highest BCUT2D eigenvalue weighted by atomic mass is 35.5. The number of alkyl halides is 1. The van der Waals surface area contributed by atoms with E-state index in [0.717, 1.165) is 12.8 Å². The Balaban J connectivity index is 2.67. The molecule has 0 aliphatic rings. The number of hydrogen-bond donors (Lipinski definition) is 1. The zero-order valence-corrected chi connectivity index (χ0v) is 13.0. The summed E-state index contributed by atoms with van der Waals surface area (Å²) in [5, 5.41) is 2.93. The Morgan fingerprint density at radius 3 is 2.55 bits per heavy atom. The molecule has 1 aromatic rings. The number of methoxy groups -OCH3 is 2. The van der Waals surface area contributed by atoms with Crippen LogP contribution in [0.5, 0.6) is 11.5 Å². The lowest BCUT2D eigenvalue weighted by molar-refractivity contribution is 0.0946. The van der Waals surface area contributed by atoms with Crippen molar-refractivity contribution in [2.75, 3.05) is 26.6 Å². The van der Waals surface area contributed by atoms with Crippen LogP contribution in [0.2, 0.25) is 0 Å². The Bertz CT molecular complexity index is 437. The summed E-state index contributed by atoms with van der Waals surface area (Å²) in [5.74, 6) is 2.08. The fourth-order valence-corrected chi connectivity index (χ4v) is 2.23. The molecule has 1 unspecified atom stereocenters. The van der Waals surface area contributed by atoms with Crippen molar-refractivity contribution >= 4 is 17.5 Å². The van der Waals surface area contributed by atoms with E-state index in [2.05, 4.69) is 12.2 Å². The minimum atomic E-state index is -0.112. The molecule has 1 amide bonds. The molecule has 0 fully saturated rings. The number of hydrogen-bond acceptors (Lipinski definition) is 3. The van der Waals surface area contributed by atoms with E-state index in [0.29, 0.717) is 35.4 Å². The van der Waals surface area contributed by atoms with Crippen molar-refractivity contribution in [3.05, 3.63) is 23.8 Å². The van der Waals surface area contributed by atoms with Crippen LogP contribution in [0.15, 0.2) is 18.2 Å². The number of carbonyl (C=O) groups excluding carboxylic acids is 1. The summed E-state index contributed by atoms with van der Waals surface area (Å²) in [6.45, 7) is 2.73. The average molecular weight is 300 g/mol. The summed E-state index contributed by atoms with van der Waals surface area (Å²) in [7, 11) is 3.11. The molecule has 20 heavy (non-hydrogen) atoms. The van der Waals surface area contributed by atoms with Gasteiger partial charge in [0, 0.05) is 18.0 Å². The number of carbonyl (C=O) groups is 1. The van der Waals surface area contributed by atoms with Gasteiger partial charge in [0.2, 0.25) is 0 Å². The average Bonchev–Trinajstić information content (AvgIpc) is 2.50. The third-order valence-corrected chi connectivity index (χ3v) is 3.51. The standard InChI is InChI=1S/C15H22ClNO3/c1-4-11(7-8-16)10-17-15(18)12-5-6-13(19-2)14(9-12)20-3/h5-6,9,11H,4,7-8,10H2,1-3H3,(H,17,18). The van der Waals surface area contributed by atoms with Gasteiger partial charge in [-0.1, -0.05) is 13.3 Å². The van der Waals surface area contributed by atoms with Crippen molar-refractivity contribution in [1.82, 2.24) is 5.32 Å². The van der Waals surface area contributed by atoms with Crippen LogP contribution in [-0.2, 0) is 0 Å². The first kappa shape index (κ1) is 16.6. The van der Waals surface area contributed by atoms with Crippen LogP contribution in [0.25, 0.3) is 0 Å². The molecule has 1 atom stereocenters. The first-order valence-corrected chi connectivity index (χ1v) is 7.25. The lowest BCUT2D eigenvalue weighted by Gasteiger charge is -2.15. The van der Waals surface area contributed by atoms with Gasteiger partial charge < -0.3 is 14.8 Å². The van der Waals surface area contributed by atoms with Crippen LogP contribution < -0.4 is 14.8 Å². The summed E-state index contributed by atoms with van der Waals surface area (Å²) < 4.78 is 10.3. The number of rotatable bonds is 8. The molecule has 1 rings (SSSR count). The zero-order chi connectivity index (χ0) is 15.0. The third-order valence-electron chi connectivity index (χ3n) is 3.29. The normalized spacial score (nSPS) is 11.8. The summed E-state index contributed by atoms with van der Waals surface area (Å²) in [6, 6.07) is 5.12. The van der Waals surface area contributed by atoms with Crippen LogP contribution in [0.4, 0.5) is 0 Å². The van der Waals surface area contributed by atoms with Crippen LogP contribution in [0.3, 0.4) is 0 Å². The van der Waals surface area contributed by atoms with Gasteiger partial charge in [-0.2, -0.15) is 0 Å². The zero-order valence-electron chi connectivity index (χ0n) is 12.2. The number of nitrogens with one attached hydrogen (secondary N) is 1. The van der Waals surface area contributed by atoms with Gasteiger partial charge in [0.05, 0.1) is 14.2 Å². The minimum Gasteiger partial charge on any atom is -0.493 e. The smallest absolute Gasteiger partial charge is 0.251 e. The van der Waals surface area contributed by atoms with Crippen molar-refractivity contribution in [3.63, 3.8) is 0 Å². The monoisotopic (exact) mass is 299 g/mol. The molecule has 1 N–H and O–H groups in total. The topological polar surface area (TPSA) is 47.6 Å². The first-order valence-electron chi connectivity index (χ1n) is 6.72. The number of amides is 1. The van der Waals surface area contributed by atoms with E-state index >= 15 is 0 Å². The highest BCUT2D eigenvalue weighted by Crippen LogP contribution is 2.27. The van der Waals surface area contributed by atoms with Gasteiger partial charge in [-0.05, 0) is 30.5 Å². The molecule has 0 radical (unpaired) electrons. The van der Waals surface area contributed by atoms with Gasteiger partial charge in [0.25, 0.3) is 5.91 Å². The van der Waals surface area contributed by atoms with Gasteiger partial charge >= 0.3 is 0 Å². The van der Waals surface area contributed by atoms with Crippen molar-refractivity contribution in [1.29, 1.82) is 0 Å². The van der Waals surface area contributed by atoms with E-state index in [1.54, 1.807) is 32.4 Å². The van der Waals surface area contributed by atoms with Gasteiger partial charge in [-0.3, -0.25) is 4.79 Å². The highest BCUT2D eigenvalue weighted by Gasteiger charge is 2.12. The van der Waals surface area contributed by atoms with E-state index in [9.17, 15) is 4.79 Å². The summed E-state index contributed by atoms with van der Waals surface area (Å²) in [4.78, 5) is 12.1. The maximum Gasteiger partial charge on any atom is 0.251 e. The predicted molar refractivity (Wildman–Crippen MR) is 81.0 cm³/mol. The Labute approximate surface area is 125 Å². The molecule has 5 heteroatoms. The van der Waals surface area contributed by atoms with Crippen LogP contribution in [0, 0.1) is 5.92 Å². The van der Waals surface area contributed by atoms with Crippen molar-refractivity contribution < 1.29 is 14.3 Å². The fraction of sp³-hybridized carbons (Fsp3) is 0.533. The van der Waals surface area contributed by atoms with E-state index in [4.69, 9.17) is 21.1 Å². The summed E-state index contributed by atoms with van der Waals surface area (Å²) >= 11 is 5.74. The number of ether oxygens (including phenoxy) is 2. The van der Waals surface area contributed by atoms with Gasteiger partial charge in [0.1, 0.15) is 0 Å². The van der Waals surface area contributed by atoms with Crippen molar-refractivity contribution in [3.8, 4) is 11.5 Å². The lowest BCUT2D eigenvalue weighted by atomic mass is 10.0. The summed E-state index contributed by atoms with van der Waals surface area (Å²) in [6.07, 6.45) is 1.91. The molecule has 0 bridgehead atoms. The number of halogens is 1. The molecule has 0 saturated heterocycles. The second-order valence-corrected chi connectivity index (χ2v) is 4.91. The highest BCUT2D eigenvalue weighted by molar-refractivity contribution is 6.17. The largest absolute Gasteiger partial charge is 0.493 e. The molecule has 0 saturated carbocycles. The third kappa shape index (κ3) is 4.60. The molecule has 0 heterocycles. The molecular formula is C15H22ClNO3. The molecule has 0 aliphatic heterocycles. The van der Waals surface area contributed by atoms with E-state index in [1.165, 1.54) is 0 Å². The van der Waals surface area contributed by atoms with Crippen molar-refractivity contribution in [2.45, 2.75) is 19.8 Å². The maximum atomic E-state index is 12.1. The van der Waals surface area contributed by atoms with Gasteiger partial charge in [-0.15, -0.1) is 11.6 Å². The van der Waals surface area contributed by atoms with Crippen LogP contribution >= 0.6 is 11.6 Å². The van der Waals surface area contributed by atoms with E-state index in [1.807, 2.05) is 0 Å². The van der Waals surface area contributed by atoms with Gasteiger partial charge in [-0.25, -0.2) is 0 Å². The predicted octanol–water partition coefficient (Wildman–Crippen LogP) is 3.09. The molecule has 0 aliphatic carbocycles. The summed E-state index contributed by atoms with van der Waals surface area (Å²) in [5.41, 5.74) is 0.559. The van der Waals surface area contributed by atoms with Crippen molar-refractivity contribution in [2.24, 2.45) is 5.92 Å². The van der Waals surface area contributed by atoms with E-state index in [-0.39, 0.29) is 5.91 Å². The molecular weight excluding hydrogens is 278 g/mol. The lowest BCUT2D eigenvalue weighted by Crippen LogP contribution is -2.29. The Morgan fingerprint density at radius 1 is 1.30 bits per heavy atom. The second-order valence-electron chi connectivity index (χ2n) is 4.53. The first-order chi connectivity index (χ1) is 9.65. The second kappa shape index (κ2) is 8.69. The molecule has 112 valence electrons. The van der Waals surface area contributed by atoms with Crippen LogP contribution in [0.1, 0.15) is 30.1 Å². The fourth-order valence-electron chi connectivity index (χ4n) is 1.92. The Kier molecular flexibility index (Phi) is 7.23. The molecule has 0 aromatic heterocycles.